The van der Waals surface area contributed by atoms with Crippen LogP contribution in [0.15, 0.2) is 0 Å². The van der Waals surface area contributed by atoms with Crippen molar-refractivity contribution >= 4 is 11.8 Å². The SMILES string of the molecule is CCNC(CSC(C)CCO)C1CCCCC1. The lowest BCUT2D eigenvalue weighted by Gasteiger charge is -2.31. The van der Waals surface area contributed by atoms with E-state index in [4.69, 9.17) is 5.11 Å². The molecule has 0 bridgehead atoms. The van der Waals surface area contributed by atoms with Gasteiger partial charge in [-0.05, 0) is 31.7 Å². The maximum Gasteiger partial charge on any atom is 0.0441 e. The maximum atomic E-state index is 8.93. The Kier molecular flexibility index (Phi) is 8.33. The first-order valence-electron chi connectivity index (χ1n) is 7.23. The molecular weight excluding hydrogens is 230 g/mol. The van der Waals surface area contributed by atoms with Crippen LogP contribution in [0, 0.1) is 5.92 Å². The highest BCUT2D eigenvalue weighted by atomic mass is 32.2. The van der Waals surface area contributed by atoms with Gasteiger partial charge in [0.05, 0.1) is 0 Å². The lowest BCUT2D eigenvalue weighted by molar-refractivity contribution is 0.285. The molecule has 102 valence electrons. The van der Waals surface area contributed by atoms with Crippen LogP contribution < -0.4 is 5.32 Å². The lowest BCUT2D eigenvalue weighted by Crippen LogP contribution is -2.39. The van der Waals surface area contributed by atoms with E-state index in [1.165, 1.54) is 37.9 Å². The molecule has 0 aliphatic heterocycles. The molecule has 0 aromatic heterocycles. The first-order valence-corrected chi connectivity index (χ1v) is 8.28. The number of nitrogens with one attached hydrogen (secondary N) is 1. The third-order valence-electron chi connectivity index (χ3n) is 3.78. The topological polar surface area (TPSA) is 32.3 Å². The third-order valence-corrected chi connectivity index (χ3v) is 5.14. The monoisotopic (exact) mass is 259 g/mol. The summed E-state index contributed by atoms with van der Waals surface area (Å²) in [6.07, 6.45) is 8.02. The molecule has 0 aromatic carbocycles. The van der Waals surface area contributed by atoms with E-state index in [0.29, 0.717) is 17.9 Å². The van der Waals surface area contributed by atoms with Crippen molar-refractivity contribution in [3.05, 3.63) is 0 Å². The molecular formula is C14H29NOS. The molecule has 1 saturated carbocycles. The fourth-order valence-electron chi connectivity index (χ4n) is 2.69. The summed E-state index contributed by atoms with van der Waals surface area (Å²) in [6, 6.07) is 0.687. The number of hydrogen-bond acceptors (Lipinski definition) is 3. The van der Waals surface area contributed by atoms with Crippen LogP contribution in [0.1, 0.15) is 52.4 Å². The number of aliphatic hydroxyl groups is 1. The van der Waals surface area contributed by atoms with Gasteiger partial charge in [0.15, 0.2) is 0 Å². The Morgan fingerprint density at radius 2 is 2.00 bits per heavy atom. The molecule has 1 aliphatic rings. The molecule has 0 heterocycles. The Morgan fingerprint density at radius 3 is 2.59 bits per heavy atom. The van der Waals surface area contributed by atoms with Gasteiger partial charge in [-0.3, -0.25) is 0 Å². The first-order chi connectivity index (χ1) is 8.27. The fourth-order valence-corrected chi connectivity index (χ4v) is 3.89. The van der Waals surface area contributed by atoms with Gasteiger partial charge >= 0.3 is 0 Å². The highest BCUT2D eigenvalue weighted by molar-refractivity contribution is 7.99. The quantitative estimate of drug-likeness (QED) is 0.703. The van der Waals surface area contributed by atoms with Gasteiger partial charge in [0.1, 0.15) is 0 Å². The molecule has 0 amide bonds. The molecule has 1 fully saturated rings. The van der Waals surface area contributed by atoms with Crippen LogP contribution in [0.5, 0.6) is 0 Å². The van der Waals surface area contributed by atoms with E-state index >= 15 is 0 Å². The van der Waals surface area contributed by atoms with Crippen LogP contribution in [0.4, 0.5) is 0 Å². The Hall–Kier alpha value is 0.270. The van der Waals surface area contributed by atoms with Crippen LogP contribution in [0.25, 0.3) is 0 Å². The molecule has 1 rings (SSSR count). The van der Waals surface area contributed by atoms with Crippen molar-refractivity contribution in [2.75, 3.05) is 18.9 Å². The average molecular weight is 259 g/mol. The largest absolute Gasteiger partial charge is 0.396 e. The van der Waals surface area contributed by atoms with Gasteiger partial charge in [0, 0.05) is 23.7 Å². The van der Waals surface area contributed by atoms with Gasteiger partial charge in [-0.25, -0.2) is 0 Å². The standard InChI is InChI=1S/C14H29NOS/c1-3-15-14(11-17-12(2)9-10-16)13-7-5-4-6-8-13/h12-16H,3-11H2,1-2H3. The molecule has 2 nitrogen and oxygen atoms in total. The van der Waals surface area contributed by atoms with Gasteiger partial charge in [0.2, 0.25) is 0 Å². The summed E-state index contributed by atoms with van der Waals surface area (Å²) in [7, 11) is 0. The second-order valence-corrected chi connectivity index (χ2v) is 6.69. The summed E-state index contributed by atoms with van der Waals surface area (Å²) < 4.78 is 0. The predicted molar refractivity (Wildman–Crippen MR) is 77.7 cm³/mol. The minimum absolute atomic E-state index is 0.323. The summed E-state index contributed by atoms with van der Waals surface area (Å²) in [5.74, 6) is 2.09. The number of thioether (sulfide) groups is 1. The Morgan fingerprint density at radius 1 is 1.29 bits per heavy atom. The van der Waals surface area contributed by atoms with Crippen molar-refractivity contribution in [3.8, 4) is 0 Å². The van der Waals surface area contributed by atoms with Crippen LogP contribution in [0.2, 0.25) is 0 Å². The average Bonchev–Trinajstić information content (AvgIpc) is 2.36. The maximum absolute atomic E-state index is 8.93. The first kappa shape index (κ1) is 15.3. The fraction of sp³-hybridized carbons (Fsp3) is 1.00. The van der Waals surface area contributed by atoms with Gasteiger partial charge in [-0.1, -0.05) is 33.1 Å². The predicted octanol–water partition coefficient (Wildman–Crippen LogP) is 3.05. The normalized spacial score (nSPS) is 21.4. The van der Waals surface area contributed by atoms with Gasteiger partial charge in [-0.15, -0.1) is 0 Å². The third kappa shape index (κ3) is 6.12. The minimum Gasteiger partial charge on any atom is -0.396 e. The van der Waals surface area contributed by atoms with E-state index in [9.17, 15) is 0 Å². The number of hydrogen-bond donors (Lipinski definition) is 2. The van der Waals surface area contributed by atoms with E-state index in [1.807, 2.05) is 11.8 Å². The molecule has 2 atom stereocenters. The zero-order valence-electron chi connectivity index (χ0n) is 11.5. The summed E-state index contributed by atoms with van der Waals surface area (Å²) in [5, 5.41) is 13.2. The molecule has 0 radical (unpaired) electrons. The molecule has 0 spiro atoms. The molecule has 0 saturated heterocycles. The van der Waals surface area contributed by atoms with Crippen LogP contribution in [-0.4, -0.2) is 35.3 Å². The smallest absolute Gasteiger partial charge is 0.0441 e. The minimum atomic E-state index is 0.323. The zero-order valence-corrected chi connectivity index (χ0v) is 12.3. The molecule has 2 unspecified atom stereocenters. The Balaban J connectivity index is 2.30. The Bertz CT molecular complexity index is 183. The van der Waals surface area contributed by atoms with Crippen LogP contribution >= 0.6 is 11.8 Å². The second kappa shape index (κ2) is 9.23. The molecule has 3 heteroatoms. The van der Waals surface area contributed by atoms with Gasteiger partial charge in [0.25, 0.3) is 0 Å². The lowest BCUT2D eigenvalue weighted by atomic mass is 9.84. The molecule has 17 heavy (non-hydrogen) atoms. The van der Waals surface area contributed by atoms with E-state index in [2.05, 4.69) is 19.2 Å². The summed E-state index contributed by atoms with van der Waals surface area (Å²) in [4.78, 5) is 0. The second-order valence-electron chi connectivity index (χ2n) is 5.22. The van der Waals surface area contributed by atoms with Crippen molar-refractivity contribution in [3.63, 3.8) is 0 Å². The highest BCUT2D eigenvalue weighted by Crippen LogP contribution is 2.29. The summed E-state index contributed by atoms with van der Waals surface area (Å²) in [6.45, 7) is 5.84. The van der Waals surface area contributed by atoms with E-state index in [1.54, 1.807) is 0 Å². The summed E-state index contributed by atoms with van der Waals surface area (Å²) >= 11 is 2.02. The van der Waals surface area contributed by atoms with Crippen molar-refractivity contribution in [1.29, 1.82) is 0 Å². The molecule has 1 aliphatic carbocycles. The van der Waals surface area contributed by atoms with Gasteiger partial charge < -0.3 is 10.4 Å². The van der Waals surface area contributed by atoms with Crippen molar-refractivity contribution in [2.45, 2.75) is 63.7 Å². The van der Waals surface area contributed by atoms with Crippen molar-refractivity contribution < 1.29 is 5.11 Å². The summed E-state index contributed by atoms with van der Waals surface area (Å²) in [5.41, 5.74) is 0. The van der Waals surface area contributed by atoms with Crippen molar-refractivity contribution in [2.24, 2.45) is 5.92 Å². The van der Waals surface area contributed by atoms with Crippen molar-refractivity contribution in [1.82, 2.24) is 5.32 Å². The molecule has 0 aromatic rings. The zero-order chi connectivity index (χ0) is 12.5. The van der Waals surface area contributed by atoms with E-state index in [-0.39, 0.29) is 0 Å². The van der Waals surface area contributed by atoms with Crippen LogP contribution in [0.3, 0.4) is 0 Å². The van der Waals surface area contributed by atoms with E-state index < -0.39 is 0 Å². The number of aliphatic hydroxyl groups excluding tert-OH is 1. The molecule has 2 N–H and O–H groups in total. The highest BCUT2D eigenvalue weighted by Gasteiger charge is 2.23. The van der Waals surface area contributed by atoms with Gasteiger partial charge in [-0.2, -0.15) is 11.8 Å². The van der Waals surface area contributed by atoms with E-state index in [0.717, 1.165) is 18.9 Å². The Labute approximate surface area is 111 Å². The number of rotatable bonds is 8. The van der Waals surface area contributed by atoms with Crippen LogP contribution in [-0.2, 0) is 0 Å².